The Morgan fingerprint density at radius 2 is 1.92 bits per heavy atom. The van der Waals surface area contributed by atoms with Crippen molar-refractivity contribution in [2.75, 3.05) is 35.2 Å². The summed E-state index contributed by atoms with van der Waals surface area (Å²) in [5, 5.41) is 8.92. The van der Waals surface area contributed by atoms with Gasteiger partial charge in [-0.25, -0.2) is 8.42 Å². The molecule has 0 saturated carbocycles. The molecule has 12 heteroatoms. The summed E-state index contributed by atoms with van der Waals surface area (Å²) in [7, 11) is -3.81. The van der Waals surface area contributed by atoms with E-state index in [1.807, 2.05) is 18.7 Å². The van der Waals surface area contributed by atoms with Crippen molar-refractivity contribution in [1.82, 2.24) is 10.2 Å². The molecule has 2 aliphatic rings. The summed E-state index contributed by atoms with van der Waals surface area (Å²) in [6, 6.07) is 10.8. The molecule has 1 saturated heterocycles. The van der Waals surface area contributed by atoms with Gasteiger partial charge in [0.05, 0.1) is 47.7 Å². The van der Waals surface area contributed by atoms with E-state index in [4.69, 9.17) is 26.5 Å². The highest BCUT2D eigenvalue weighted by Crippen LogP contribution is 2.36. The predicted octanol–water partition coefficient (Wildman–Crippen LogP) is 2.65. The summed E-state index contributed by atoms with van der Waals surface area (Å²) in [6.07, 6.45) is 0. The SMILES string of the molecule is CC1(C)CN(c2nnc(-c3ccc4c(c3)N(Cc3ccc(Cl)cc3)C(=O)[C@@H](N)CS4(=O)=O)o2)CCO1. The highest BCUT2D eigenvalue weighted by molar-refractivity contribution is 7.91. The first-order valence-electron chi connectivity index (χ1n) is 11.4. The number of ether oxygens (including phenoxy) is 1. The molecule has 2 aliphatic heterocycles. The Labute approximate surface area is 213 Å². The van der Waals surface area contributed by atoms with E-state index >= 15 is 0 Å². The van der Waals surface area contributed by atoms with Crippen molar-refractivity contribution in [2.24, 2.45) is 5.73 Å². The summed E-state index contributed by atoms with van der Waals surface area (Å²) in [5.74, 6) is -0.763. The van der Waals surface area contributed by atoms with Crippen molar-refractivity contribution in [1.29, 1.82) is 0 Å². The van der Waals surface area contributed by atoms with Crippen LogP contribution in [0.5, 0.6) is 0 Å². The van der Waals surface area contributed by atoms with E-state index in [1.165, 1.54) is 11.0 Å². The van der Waals surface area contributed by atoms with E-state index in [1.54, 1.807) is 36.4 Å². The lowest BCUT2D eigenvalue weighted by Crippen LogP contribution is -2.48. The summed E-state index contributed by atoms with van der Waals surface area (Å²) in [4.78, 5) is 16.6. The smallest absolute Gasteiger partial charge is 0.318 e. The molecule has 10 nitrogen and oxygen atoms in total. The van der Waals surface area contributed by atoms with Gasteiger partial charge in [0.15, 0.2) is 9.84 Å². The number of carbonyl (C=O) groups is 1. The maximum atomic E-state index is 13.2. The van der Waals surface area contributed by atoms with Gasteiger partial charge < -0.3 is 24.7 Å². The van der Waals surface area contributed by atoms with Crippen LogP contribution in [0.25, 0.3) is 11.5 Å². The van der Waals surface area contributed by atoms with E-state index < -0.39 is 27.5 Å². The van der Waals surface area contributed by atoms with Crippen LogP contribution in [-0.4, -0.2) is 61.6 Å². The number of nitrogens with two attached hydrogens (primary N) is 1. The van der Waals surface area contributed by atoms with Gasteiger partial charge in [0.25, 0.3) is 0 Å². The summed E-state index contributed by atoms with van der Waals surface area (Å²) in [5.41, 5.74) is 7.13. The Hall–Kier alpha value is -2.99. The zero-order chi connectivity index (χ0) is 25.7. The van der Waals surface area contributed by atoms with Crippen molar-refractivity contribution in [2.45, 2.75) is 36.9 Å². The molecule has 3 heterocycles. The van der Waals surface area contributed by atoms with Gasteiger partial charge in [0, 0.05) is 17.1 Å². The quantitative estimate of drug-likeness (QED) is 0.539. The summed E-state index contributed by atoms with van der Waals surface area (Å²) < 4.78 is 37.8. The topological polar surface area (TPSA) is 132 Å². The van der Waals surface area contributed by atoms with Crippen LogP contribution < -0.4 is 15.5 Å². The van der Waals surface area contributed by atoms with E-state index in [2.05, 4.69) is 10.2 Å². The normalized spacial score (nSPS) is 21.2. The first-order valence-corrected chi connectivity index (χ1v) is 13.5. The molecular weight excluding hydrogens is 506 g/mol. The second-order valence-electron chi connectivity index (χ2n) is 9.54. The molecule has 2 N–H and O–H groups in total. The highest BCUT2D eigenvalue weighted by Gasteiger charge is 2.37. The number of nitrogens with zero attached hydrogens (tertiary/aromatic N) is 4. The Morgan fingerprint density at radius 3 is 2.64 bits per heavy atom. The third-order valence-electron chi connectivity index (χ3n) is 6.18. The maximum Gasteiger partial charge on any atom is 0.318 e. The molecule has 0 unspecified atom stereocenters. The monoisotopic (exact) mass is 531 g/mol. The van der Waals surface area contributed by atoms with Crippen molar-refractivity contribution in [3.05, 3.63) is 53.1 Å². The zero-order valence-corrected chi connectivity index (χ0v) is 21.4. The number of anilines is 2. The number of aromatic nitrogens is 2. The Morgan fingerprint density at radius 1 is 1.17 bits per heavy atom. The minimum absolute atomic E-state index is 0.0242. The molecule has 1 fully saturated rings. The molecule has 190 valence electrons. The molecule has 0 spiro atoms. The fraction of sp³-hybridized carbons (Fsp3) is 0.375. The fourth-order valence-corrected chi connectivity index (χ4v) is 6.10. The minimum Gasteiger partial charge on any atom is -0.403 e. The van der Waals surface area contributed by atoms with Crippen LogP contribution in [0.1, 0.15) is 19.4 Å². The third-order valence-corrected chi connectivity index (χ3v) is 8.24. The van der Waals surface area contributed by atoms with Crippen LogP contribution in [-0.2, 0) is 25.9 Å². The van der Waals surface area contributed by atoms with Crippen molar-refractivity contribution >= 4 is 39.0 Å². The van der Waals surface area contributed by atoms with Gasteiger partial charge in [-0.2, -0.15) is 0 Å². The lowest BCUT2D eigenvalue weighted by Gasteiger charge is -2.36. The van der Waals surface area contributed by atoms with Gasteiger partial charge in [0.2, 0.25) is 11.8 Å². The van der Waals surface area contributed by atoms with Crippen LogP contribution in [0.3, 0.4) is 0 Å². The number of carbonyl (C=O) groups excluding carboxylic acids is 1. The van der Waals surface area contributed by atoms with Crippen molar-refractivity contribution in [3.8, 4) is 11.5 Å². The van der Waals surface area contributed by atoms with E-state index in [9.17, 15) is 13.2 Å². The number of hydrogen-bond donors (Lipinski definition) is 1. The average Bonchev–Trinajstić information content (AvgIpc) is 3.30. The number of rotatable bonds is 4. The standard InChI is InChI=1S/C24H26ClN5O5S/c1-24(2)14-29(9-10-34-24)23-28-27-21(35-23)16-5-8-20-19(11-16)30(12-15-3-6-17(25)7-4-15)22(31)18(26)13-36(20,32)33/h3-8,11,18H,9-10,12-14,26H2,1-2H3/t18-/m0/s1. The first kappa shape index (κ1) is 24.7. The molecule has 1 amide bonds. The van der Waals surface area contributed by atoms with E-state index in [0.29, 0.717) is 36.3 Å². The number of benzene rings is 2. The lowest BCUT2D eigenvalue weighted by molar-refractivity contribution is -0.119. The number of morpholine rings is 1. The van der Waals surface area contributed by atoms with E-state index in [-0.39, 0.29) is 28.6 Å². The Balaban J connectivity index is 1.54. The van der Waals surface area contributed by atoms with Crippen LogP contribution in [0.4, 0.5) is 11.7 Å². The molecule has 2 aromatic carbocycles. The third kappa shape index (κ3) is 4.83. The van der Waals surface area contributed by atoms with Gasteiger partial charge in [-0.05, 0) is 49.7 Å². The number of halogens is 1. The summed E-state index contributed by atoms with van der Waals surface area (Å²) >= 11 is 6.00. The largest absolute Gasteiger partial charge is 0.403 e. The molecule has 0 bridgehead atoms. The average molecular weight is 532 g/mol. The molecular formula is C24H26ClN5O5S. The Kier molecular flexibility index (Phi) is 6.27. The zero-order valence-electron chi connectivity index (χ0n) is 19.8. The van der Waals surface area contributed by atoms with Gasteiger partial charge in [-0.3, -0.25) is 4.79 Å². The van der Waals surface area contributed by atoms with Crippen LogP contribution in [0.2, 0.25) is 5.02 Å². The Bertz CT molecular complexity index is 1410. The van der Waals surface area contributed by atoms with Crippen molar-refractivity contribution < 1.29 is 22.4 Å². The molecule has 36 heavy (non-hydrogen) atoms. The predicted molar refractivity (Wildman–Crippen MR) is 135 cm³/mol. The summed E-state index contributed by atoms with van der Waals surface area (Å²) in [6.45, 7) is 5.81. The maximum absolute atomic E-state index is 13.2. The van der Waals surface area contributed by atoms with Gasteiger partial charge in [0.1, 0.15) is 0 Å². The molecule has 0 radical (unpaired) electrons. The molecule has 3 aromatic rings. The molecule has 0 aliphatic carbocycles. The molecule has 1 aromatic heterocycles. The second-order valence-corrected chi connectivity index (χ2v) is 12.0. The second kappa shape index (κ2) is 9.15. The number of sulfone groups is 1. The molecule has 5 rings (SSSR count). The molecule has 1 atom stereocenters. The van der Waals surface area contributed by atoms with Gasteiger partial charge in [-0.1, -0.05) is 28.8 Å². The van der Waals surface area contributed by atoms with Crippen LogP contribution in [0, 0.1) is 0 Å². The highest BCUT2D eigenvalue weighted by atomic mass is 35.5. The van der Waals surface area contributed by atoms with Gasteiger partial charge in [-0.15, -0.1) is 5.10 Å². The van der Waals surface area contributed by atoms with Crippen molar-refractivity contribution in [3.63, 3.8) is 0 Å². The van der Waals surface area contributed by atoms with Gasteiger partial charge >= 0.3 is 6.01 Å². The van der Waals surface area contributed by atoms with Crippen LogP contribution >= 0.6 is 11.6 Å². The fourth-order valence-electron chi connectivity index (χ4n) is 4.42. The van der Waals surface area contributed by atoms with Crippen LogP contribution in [0.15, 0.2) is 51.8 Å². The minimum atomic E-state index is -3.81. The number of fused-ring (bicyclic) bond motifs is 1. The number of hydrogen-bond acceptors (Lipinski definition) is 9. The lowest BCUT2D eigenvalue weighted by atomic mass is 10.1. The first-order chi connectivity index (χ1) is 17.0. The van der Waals surface area contributed by atoms with E-state index in [0.717, 1.165) is 5.56 Å². The number of amides is 1.